The van der Waals surface area contributed by atoms with Crippen LogP contribution in [0.25, 0.3) is 41.6 Å². The van der Waals surface area contributed by atoms with Gasteiger partial charge in [-0.1, -0.05) is 0 Å². The summed E-state index contributed by atoms with van der Waals surface area (Å²) in [7, 11) is 0. The summed E-state index contributed by atoms with van der Waals surface area (Å²) < 4.78 is 34.4. The van der Waals surface area contributed by atoms with E-state index in [0.29, 0.717) is 35.5 Å². The highest BCUT2D eigenvalue weighted by atomic mass is 32.1. The lowest BCUT2D eigenvalue weighted by molar-refractivity contribution is -0.115. The van der Waals surface area contributed by atoms with Crippen LogP contribution in [0.4, 0.5) is 23.6 Å². The van der Waals surface area contributed by atoms with E-state index in [0.717, 1.165) is 65.5 Å². The third kappa shape index (κ3) is 8.11. The molecule has 2 aliphatic rings. The smallest absolute Gasteiger partial charge is 0.410 e. The minimum atomic E-state index is -0.560. The van der Waals surface area contributed by atoms with Gasteiger partial charge in [0.1, 0.15) is 37.3 Å². The number of hydrogen-bond donors (Lipinski definition) is 3. The van der Waals surface area contributed by atoms with E-state index in [1.807, 2.05) is 20.8 Å². The highest BCUT2D eigenvalue weighted by molar-refractivity contribution is 7.23. The molecule has 0 saturated carbocycles. The molecule has 0 radical (unpaired) electrons. The molecule has 2 aliphatic heterocycles. The van der Waals surface area contributed by atoms with E-state index in [1.165, 1.54) is 82.6 Å². The van der Waals surface area contributed by atoms with E-state index in [4.69, 9.17) is 4.74 Å². The Morgan fingerprint density at radius 2 is 1.32 bits per heavy atom. The minimum absolute atomic E-state index is 0.0926. The van der Waals surface area contributed by atoms with Crippen LogP contribution >= 0.6 is 45.3 Å². The quantitative estimate of drug-likeness (QED) is 0.163. The first-order valence-electron chi connectivity index (χ1n) is 16.9. The van der Waals surface area contributed by atoms with Gasteiger partial charge >= 0.3 is 6.09 Å². The number of nitrogens with one attached hydrogen (secondary N) is 3. The first-order valence-corrected chi connectivity index (χ1v) is 20.1. The number of hydrogen-bond acceptors (Lipinski definition) is 11. The first kappa shape index (κ1) is 37.0. The van der Waals surface area contributed by atoms with E-state index in [-0.39, 0.29) is 29.5 Å². The maximum Gasteiger partial charge on any atom is 0.410 e. The number of thiophene rings is 2. The van der Waals surface area contributed by atoms with Crippen molar-refractivity contribution in [2.75, 3.05) is 23.7 Å². The van der Waals surface area contributed by atoms with Crippen molar-refractivity contribution < 1.29 is 27.9 Å². The number of carbonyl (C=O) groups excluding carboxylic acids is 3. The molecule has 10 nitrogen and oxygen atoms in total. The van der Waals surface area contributed by atoms with Crippen molar-refractivity contribution in [1.82, 2.24) is 20.2 Å². The second kappa shape index (κ2) is 14.8. The normalized spacial score (nSPS) is 14.0. The zero-order valence-electron chi connectivity index (χ0n) is 29.6. The van der Waals surface area contributed by atoms with Crippen LogP contribution in [-0.4, -0.2) is 51.5 Å². The molecule has 0 atom stereocenters. The van der Waals surface area contributed by atoms with Crippen LogP contribution in [0.5, 0.6) is 0 Å². The topological polar surface area (TPSA) is 126 Å². The van der Waals surface area contributed by atoms with Crippen molar-refractivity contribution in [3.05, 3.63) is 68.9 Å². The Balaban J connectivity index is 0.000000170. The lowest BCUT2D eigenvalue weighted by atomic mass is 10.0. The molecular formula is C37H36F2N6O4S4. The lowest BCUT2D eigenvalue weighted by Gasteiger charge is -2.30. The van der Waals surface area contributed by atoms with Crippen molar-refractivity contribution in [3.63, 3.8) is 0 Å². The van der Waals surface area contributed by atoms with Gasteiger partial charge in [0.05, 0.1) is 27.0 Å². The summed E-state index contributed by atoms with van der Waals surface area (Å²) in [4.78, 5) is 49.0. The van der Waals surface area contributed by atoms with Crippen molar-refractivity contribution >= 4 is 93.7 Å². The molecule has 16 heteroatoms. The van der Waals surface area contributed by atoms with E-state index in [1.54, 1.807) is 28.4 Å². The molecule has 0 fully saturated rings. The van der Waals surface area contributed by atoms with Crippen molar-refractivity contribution in [2.45, 2.75) is 66.2 Å². The highest BCUT2D eigenvalue weighted by Crippen LogP contribution is 2.47. The average molecular weight is 795 g/mol. The van der Waals surface area contributed by atoms with Gasteiger partial charge in [0, 0.05) is 60.0 Å². The number of rotatable bonds is 4. The van der Waals surface area contributed by atoms with Gasteiger partial charge in [-0.15, -0.1) is 45.3 Å². The zero-order valence-corrected chi connectivity index (χ0v) is 32.8. The predicted octanol–water partition coefficient (Wildman–Crippen LogP) is 9.18. The molecule has 6 heterocycles. The first-order chi connectivity index (χ1) is 25.2. The van der Waals surface area contributed by atoms with Crippen molar-refractivity contribution in [3.8, 4) is 21.1 Å². The van der Waals surface area contributed by atoms with E-state index in [2.05, 4.69) is 25.9 Å². The van der Waals surface area contributed by atoms with E-state index >= 15 is 0 Å². The molecule has 0 spiro atoms. The molecule has 8 rings (SSSR count). The third-order valence-electron chi connectivity index (χ3n) is 8.34. The maximum absolute atomic E-state index is 13.6. The Hall–Kier alpha value is -4.35. The second-order valence-corrected chi connectivity index (χ2v) is 17.9. The number of halogens is 2. The Kier molecular flexibility index (Phi) is 10.3. The highest BCUT2D eigenvalue weighted by Gasteiger charge is 2.31. The number of anilines is 2. The van der Waals surface area contributed by atoms with Crippen LogP contribution in [0.2, 0.25) is 0 Å². The molecule has 4 aromatic heterocycles. The number of fused-ring (bicyclic) bond motifs is 4. The Labute approximate surface area is 320 Å². The Bertz CT molecular complexity index is 2390. The fraction of sp³-hybridized carbons (Fsp3) is 0.324. The number of ether oxygens (including phenoxy) is 1. The van der Waals surface area contributed by atoms with Gasteiger partial charge in [-0.25, -0.2) is 23.5 Å². The SMILES string of the molecule is CC(=O)Nc1sc2c(c1-c1nc3cc(F)ccc3s1)CCN(C(=O)OC(C)(C)C)C2.CC(=O)Nc1sc2c(c1-c1nc3cc(F)ccc3s1)CCNC2. The number of carbonyl (C=O) groups is 3. The van der Waals surface area contributed by atoms with Gasteiger partial charge in [0.2, 0.25) is 11.8 Å². The third-order valence-corrected chi connectivity index (χ3v) is 12.7. The largest absolute Gasteiger partial charge is 0.444 e. The van der Waals surface area contributed by atoms with Gasteiger partial charge in [-0.05, 0) is 75.5 Å². The van der Waals surface area contributed by atoms with E-state index < -0.39 is 5.60 Å². The summed E-state index contributed by atoms with van der Waals surface area (Å²) in [5.41, 5.74) is 4.89. The Morgan fingerprint density at radius 1 is 0.792 bits per heavy atom. The number of amides is 3. The summed E-state index contributed by atoms with van der Waals surface area (Å²) >= 11 is 6.04. The molecular weight excluding hydrogens is 759 g/mol. The van der Waals surface area contributed by atoms with Crippen LogP contribution in [0, 0.1) is 11.6 Å². The van der Waals surface area contributed by atoms with Gasteiger partial charge in [0.15, 0.2) is 0 Å². The van der Waals surface area contributed by atoms with Crippen molar-refractivity contribution in [2.24, 2.45) is 0 Å². The number of aromatic nitrogens is 2. The van der Waals surface area contributed by atoms with Crippen molar-refractivity contribution in [1.29, 1.82) is 0 Å². The van der Waals surface area contributed by atoms with Gasteiger partial charge in [-0.3, -0.25) is 9.59 Å². The zero-order chi connectivity index (χ0) is 37.6. The van der Waals surface area contributed by atoms with Gasteiger partial charge < -0.3 is 25.6 Å². The molecule has 0 unspecified atom stereocenters. The number of thiazole rings is 2. The van der Waals surface area contributed by atoms with Crippen LogP contribution in [-0.2, 0) is 40.3 Å². The molecule has 3 N–H and O–H groups in total. The molecule has 276 valence electrons. The van der Waals surface area contributed by atoms with Crippen LogP contribution in [0.3, 0.4) is 0 Å². The lowest BCUT2D eigenvalue weighted by Crippen LogP contribution is -2.39. The fourth-order valence-corrected chi connectivity index (χ4v) is 10.9. The fourth-order valence-electron chi connectivity index (χ4n) is 6.18. The number of nitrogens with zero attached hydrogens (tertiary/aromatic N) is 3. The predicted molar refractivity (Wildman–Crippen MR) is 210 cm³/mol. The summed E-state index contributed by atoms with van der Waals surface area (Å²) in [5, 5.41) is 12.3. The number of benzene rings is 2. The Morgan fingerprint density at radius 3 is 1.85 bits per heavy atom. The molecule has 0 aliphatic carbocycles. The second-order valence-electron chi connectivity index (χ2n) is 13.6. The molecule has 6 aromatic rings. The summed E-state index contributed by atoms with van der Waals surface area (Å²) in [5.74, 6) is -0.884. The standard InChI is InChI=1S/C21H22FN3O3S2.C16H14FN3OS2/c1-11(26)23-18-17(19-24-14-9-12(22)5-6-15(14)29-19)13-7-8-25(10-16(13)30-18)20(27)28-21(2,3)4;1-8(21)19-15-14(10-4-5-18-7-13(10)23-15)16-20-11-6-9(17)2-3-12(11)22-16/h5-6,9H,7-8,10H2,1-4H3,(H,23,26);2-3,6,18H,4-5,7H2,1H3,(H,19,21). The molecule has 2 aromatic carbocycles. The summed E-state index contributed by atoms with van der Waals surface area (Å²) in [6.45, 7) is 11.2. The average Bonchev–Trinajstić information content (AvgIpc) is 3.84. The monoisotopic (exact) mass is 794 g/mol. The van der Waals surface area contributed by atoms with Crippen LogP contribution in [0.1, 0.15) is 55.5 Å². The molecule has 53 heavy (non-hydrogen) atoms. The van der Waals surface area contributed by atoms with Gasteiger partial charge in [0.25, 0.3) is 0 Å². The molecule has 3 amide bonds. The van der Waals surface area contributed by atoms with E-state index in [9.17, 15) is 23.2 Å². The molecule has 0 saturated heterocycles. The summed E-state index contributed by atoms with van der Waals surface area (Å²) in [6.07, 6.45) is 1.19. The molecule has 0 bridgehead atoms. The minimum Gasteiger partial charge on any atom is -0.444 e. The summed E-state index contributed by atoms with van der Waals surface area (Å²) in [6, 6.07) is 9.20. The maximum atomic E-state index is 13.6. The van der Waals surface area contributed by atoms with Gasteiger partial charge in [-0.2, -0.15) is 0 Å². The van der Waals surface area contributed by atoms with Crippen LogP contribution in [0.15, 0.2) is 36.4 Å². The van der Waals surface area contributed by atoms with Crippen LogP contribution < -0.4 is 16.0 Å².